The number of aliphatic hydroxyl groups is 1. The summed E-state index contributed by atoms with van der Waals surface area (Å²) in [5.74, 6) is -2.48. The van der Waals surface area contributed by atoms with Gasteiger partial charge in [0.05, 0.1) is 55.2 Å². The molecule has 0 aromatic heterocycles. The van der Waals surface area contributed by atoms with Crippen LogP contribution in [-0.4, -0.2) is 153 Å². The summed E-state index contributed by atoms with van der Waals surface area (Å²) >= 11 is 0. The van der Waals surface area contributed by atoms with Gasteiger partial charge in [-0.1, -0.05) is 85.2 Å². The van der Waals surface area contributed by atoms with E-state index in [0.29, 0.717) is 32.1 Å². The smallest absolute Gasteiger partial charge is 0.245 e. The summed E-state index contributed by atoms with van der Waals surface area (Å²) in [6, 6.07) is 7.19. The molecule has 1 aromatic rings. The lowest BCUT2D eigenvalue weighted by Crippen LogP contribution is -2.61. The van der Waals surface area contributed by atoms with Crippen LogP contribution in [0.15, 0.2) is 30.3 Å². The molecule has 0 radical (unpaired) electrons. The highest BCUT2D eigenvalue weighted by atomic mass is 16.5. The Morgan fingerprint density at radius 2 is 1.61 bits per heavy atom. The first-order chi connectivity index (χ1) is 28.1. The largest absolute Gasteiger partial charge is 0.396 e. The molecule has 4 amide bonds. The third kappa shape index (κ3) is 13.5. The average Bonchev–Trinajstić information content (AvgIpc) is 3.72. The number of benzene rings is 1. The maximum absolute atomic E-state index is 14.5. The molecule has 14 heteroatoms. The van der Waals surface area contributed by atoms with E-state index in [-0.39, 0.29) is 59.9 Å². The zero-order chi connectivity index (χ0) is 43.8. The number of rotatable bonds is 24. The number of aliphatic hydroxyl groups excluding tert-OH is 1. The Morgan fingerprint density at radius 1 is 0.949 bits per heavy atom. The van der Waals surface area contributed by atoms with Crippen molar-refractivity contribution in [3.05, 3.63) is 35.9 Å². The molecule has 2 unspecified atom stereocenters. The second-order valence-corrected chi connectivity index (χ2v) is 17.4. The molecular formula is C45H76N6O8. The van der Waals surface area contributed by atoms with Crippen molar-refractivity contribution in [3.8, 4) is 0 Å². The van der Waals surface area contributed by atoms with Crippen molar-refractivity contribution in [2.24, 2.45) is 29.6 Å². The molecule has 2 aliphatic heterocycles. The minimum atomic E-state index is -0.772. The molecule has 0 aliphatic carbocycles. The number of likely N-dealkylation sites (N-methyl/N-ethyl adjacent to an activating group) is 1. The van der Waals surface area contributed by atoms with E-state index >= 15 is 0 Å². The number of carbonyl (C=O) groups is 5. The van der Waals surface area contributed by atoms with E-state index in [1.807, 2.05) is 71.9 Å². The fraction of sp³-hybridized carbons (Fsp3) is 0.756. The van der Waals surface area contributed by atoms with E-state index in [9.17, 15) is 29.1 Å². The van der Waals surface area contributed by atoms with Crippen molar-refractivity contribution in [1.29, 1.82) is 0 Å². The first-order valence-electron chi connectivity index (χ1n) is 21.9. The molecule has 0 bridgehead atoms. The number of ether oxygens (including phenoxy) is 2. The maximum atomic E-state index is 14.5. The number of likely N-dealkylation sites (tertiary alicyclic amines) is 1. The van der Waals surface area contributed by atoms with Crippen molar-refractivity contribution in [1.82, 2.24) is 30.7 Å². The van der Waals surface area contributed by atoms with Crippen LogP contribution < -0.4 is 16.0 Å². The van der Waals surface area contributed by atoms with Gasteiger partial charge in [0.2, 0.25) is 23.6 Å². The molecule has 14 nitrogen and oxygen atoms in total. The second-order valence-electron chi connectivity index (χ2n) is 17.4. The summed E-state index contributed by atoms with van der Waals surface area (Å²) in [5.41, 5.74) is 1.06. The predicted molar refractivity (Wildman–Crippen MR) is 229 cm³/mol. The summed E-state index contributed by atoms with van der Waals surface area (Å²) in [7, 11) is 4.85. The van der Waals surface area contributed by atoms with Gasteiger partial charge in [-0.25, -0.2) is 0 Å². The van der Waals surface area contributed by atoms with Gasteiger partial charge in [0.1, 0.15) is 12.3 Å². The van der Waals surface area contributed by atoms with Crippen LogP contribution in [0.1, 0.15) is 86.1 Å². The average molecular weight is 829 g/mol. The van der Waals surface area contributed by atoms with Crippen molar-refractivity contribution < 1.29 is 38.6 Å². The van der Waals surface area contributed by atoms with Gasteiger partial charge in [-0.2, -0.15) is 0 Å². The van der Waals surface area contributed by atoms with Crippen LogP contribution >= 0.6 is 0 Å². The number of nitrogens with zero attached hydrogens (tertiary/aromatic N) is 3. The lowest BCUT2D eigenvalue weighted by atomic mass is 9.89. The first-order valence-corrected chi connectivity index (χ1v) is 21.9. The summed E-state index contributed by atoms with van der Waals surface area (Å²) < 4.78 is 12.0. The number of hydrogen-bond donors (Lipinski definition) is 4. The third-order valence-electron chi connectivity index (χ3n) is 12.8. The molecule has 1 aromatic carbocycles. The molecular weight excluding hydrogens is 753 g/mol. The number of aldehydes is 1. The molecule has 2 aliphatic rings. The Morgan fingerprint density at radius 3 is 2.15 bits per heavy atom. The van der Waals surface area contributed by atoms with Crippen LogP contribution in [0.3, 0.4) is 0 Å². The van der Waals surface area contributed by atoms with E-state index in [0.717, 1.165) is 44.6 Å². The van der Waals surface area contributed by atoms with E-state index < -0.39 is 48.8 Å². The number of nitrogens with one attached hydrogen (secondary N) is 3. The number of carbonyl (C=O) groups excluding carboxylic acids is 5. The van der Waals surface area contributed by atoms with Gasteiger partial charge in [-0.05, 0) is 49.0 Å². The number of piperazine rings is 1. The number of amides is 4. The van der Waals surface area contributed by atoms with Gasteiger partial charge < -0.3 is 45.1 Å². The summed E-state index contributed by atoms with van der Waals surface area (Å²) in [4.78, 5) is 74.1. The molecule has 2 heterocycles. The van der Waals surface area contributed by atoms with Gasteiger partial charge in [-0.15, -0.1) is 0 Å². The standard InChI is InChI=1S/C45H76N6O8/c1-11-31(6)41(49(8)45(57)39(29(2)3)48-44(56)40(30(4)5)50-24-21-46-22-25-50)37(58-9)26-38(54)51-23-15-18-36(51)42(59-10)32(7)43(55)47-35(34(27-52)28-53)20-19-33-16-13-12-14-17-33/h12-14,16-17,27,29-32,34-37,39-42,46,53H,11,15,18-26,28H2,1-10H3,(H,47,55)(H,48,56)/t31-,32+,34?,35-,36-,37?,39-,40-,41-,42+/m0/s1. The third-order valence-corrected chi connectivity index (χ3v) is 12.8. The van der Waals surface area contributed by atoms with Crippen LogP contribution in [-0.2, 0) is 39.9 Å². The molecule has 0 spiro atoms. The van der Waals surface area contributed by atoms with Crippen molar-refractivity contribution in [2.45, 2.75) is 129 Å². The Kier molecular flexibility index (Phi) is 20.9. The summed E-state index contributed by atoms with van der Waals surface area (Å²) in [6.07, 6.45) is 2.58. The van der Waals surface area contributed by atoms with Gasteiger partial charge in [0.25, 0.3) is 0 Å². The number of hydrogen-bond acceptors (Lipinski definition) is 10. The van der Waals surface area contributed by atoms with Gasteiger partial charge >= 0.3 is 0 Å². The molecule has 10 atom stereocenters. The monoisotopic (exact) mass is 829 g/mol. The lowest BCUT2D eigenvalue weighted by Gasteiger charge is -2.41. The number of methoxy groups -OCH3 is 2. The van der Waals surface area contributed by atoms with E-state index in [2.05, 4.69) is 20.9 Å². The van der Waals surface area contributed by atoms with Gasteiger partial charge in [0.15, 0.2) is 0 Å². The predicted octanol–water partition coefficient (Wildman–Crippen LogP) is 2.90. The highest BCUT2D eigenvalue weighted by Gasteiger charge is 2.43. The zero-order valence-electron chi connectivity index (χ0n) is 37.5. The van der Waals surface area contributed by atoms with Gasteiger partial charge in [0, 0.05) is 60.0 Å². The SMILES string of the molecule is CC[C@H](C)[C@@H](C(CC(=O)N1CCC[C@H]1[C@H](OC)[C@@H](C)C(=O)N[C@@H](CCc1ccccc1)C(C=O)CO)OC)N(C)C(=O)[C@@H](NC(=O)[C@H](C(C)C)N1CCNCC1)C(C)C. The highest BCUT2D eigenvalue weighted by Crippen LogP contribution is 2.30. The van der Waals surface area contributed by atoms with Crippen molar-refractivity contribution in [2.75, 3.05) is 60.6 Å². The van der Waals surface area contributed by atoms with Crippen LogP contribution in [0.5, 0.6) is 0 Å². The van der Waals surface area contributed by atoms with E-state index in [4.69, 9.17) is 9.47 Å². The first kappa shape index (κ1) is 49.9. The molecule has 4 N–H and O–H groups in total. The minimum Gasteiger partial charge on any atom is -0.396 e. The van der Waals surface area contributed by atoms with Crippen LogP contribution in [0.2, 0.25) is 0 Å². The van der Waals surface area contributed by atoms with Gasteiger partial charge in [-0.3, -0.25) is 24.1 Å². The van der Waals surface area contributed by atoms with E-state index in [1.165, 1.54) is 0 Å². The van der Waals surface area contributed by atoms with Crippen molar-refractivity contribution >= 4 is 29.9 Å². The Bertz CT molecular complexity index is 1460. The summed E-state index contributed by atoms with van der Waals surface area (Å²) in [5, 5.41) is 19.5. The van der Waals surface area contributed by atoms with Crippen LogP contribution in [0.25, 0.3) is 0 Å². The Hall–Kier alpha value is -3.43. The summed E-state index contributed by atoms with van der Waals surface area (Å²) in [6.45, 7) is 17.0. The quantitative estimate of drug-likeness (QED) is 0.114. The fourth-order valence-electron chi connectivity index (χ4n) is 9.07. The maximum Gasteiger partial charge on any atom is 0.245 e. The second kappa shape index (κ2) is 24.7. The highest BCUT2D eigenvalue weighted by molar-refractivity contribution is 5.90. The topological polar surface area (TPSA) is 170 Å². The van der Waals surface area contributed by atoms with Crippen LogP contribution in [0.4, 0.5) is 0 Å². The molecule has 3 rings (SSSR count). The fourth-order valence-corrected chi connectivity index (χ4v) is 9.07. The molecule has 0 saturated carbocycles. The van der Waals surface area contributed by atoms with E-state index in [1.54, 1.807) is 38.0 Å². The Labute approximate surface area is 353 Å². The van der Waals surface area contributed by atoms with Crippen molar-refractivity contribution in [3.63, 3.8) is 0 Å². The molecule has 334 valence electrons. The van der Waals surface area contributed by atoms with Crippen LogP contribution in [0, 0.1) is 29.6 Å². The zero-order valence-corrected chi connectivity index (χ0v) is 37.5. The minimum absolute atomic E-state index is 0.00678. The Balaban J connectivity index is 1.77. The molecule has 2 saturated heterocycles. The molecule has 2 fully saturated rings. The number of aryl methyl sites for hydroxylation is 1. The molecule has 59 heavy (non-hydrogen) atoms. The normalized spacial score (nSPS) is 20.8. The lowest BCUT2D eigenvalue weighted by molar-refractivity contribution is -0.148.